The zero-order chi connectivity index (χ0) is 70.2. The fourth-order valence-electron chi connectivity index (χ4n) is 7.62. The Bertz CT molecular complexity index is 3110. The van der Waals surface area contributed by atoms with Crippen molar-refractivity contribution < 1.29 is 91.2 Å². The fourth-order valence-corrected chi connectivity index (χ4v) is 13.4. The average molecular weight is 1380 g/mol. The van der Waals surface area contributed by atoms with Gasteiger partial charge in [-0.1, -0.05) is 158 Å². The van der Waals surface area contributed by atoms with E-state index in [9.17, 15) is 60.6 Å². The van der Waals surface area contributed by atoms with Crippen molar-refractivity contribution in [1.29, 1.82) is 0 Å². The van der Waals surface area contributed by atoms with E-state index in [0.29, 0.717) is 42.6 Å². The molecule has 0 saturated carbocycles. The fraction of sp³-hybridized carbons (Fsp3) is 0.391. The van der Waals surface area contributed by atoms with E-state index in [0.717, 1.165) is 34.1 Å². The van der Waals surface area contributed by atoms with Crippen LogP contribution in [0.25, 0.3) is 0 Å². The van der Waals surface area contributed by atoms with Crippen molar-refractivity contribution >= 4 is 116 Å². The quantitative estimate of drug-likeness (QED) is 0.0143. The molecule has 6 N–H and O–H groups in total. The van der Waals surface area contributed by atoms with Crippen molar-refractivity contribution in [3.8, 4) is 0 Å². The van der Waals surface area contributed by atoms with Gasteiger partial charge in [-0.05, 0) is 93.2 Å². The number of Topliss-reactive ketones (excluding diaryl/α,β-unsaturated/α-hetero) is 4. The summed E-state index contributed by atoms with van der Waals surface area (Å²) in [7, 11) is -4.91. The van der Waals surface area contributed by atoms with Crippen LogP contribution in [-0.2, 0) is 97.3 Å². The van der Waals surface area contributed by atoms with Gasteiger partial charge in [0.15, 0.2) is 15.6 Å². The van der Waals surface area contributed by atoms with Crippen LogP contribution in [0.5, 0.6) is 0 Å². The van der Waals surface area contributed by atoms with E-state index < -0.39 is 80.0 Å². The molecular weight excluding hydrogens is 1290 g/mol. The van der Waals surface area contributed by atoms with E-state index in [4.69, 9.17) is 30.6 Å². The summed E-state index contributed by atoms with van der Waals surface area (Å²) in [6.45, 7) is 9.69. The summed E-state index contributed by atoms with van der Waals surface area (Å²) < 4.78 is 35.8. The lowest BCUT2D eigenvalue weighted by atomic mass is 10.0. The van der Waals surface area contributed by atoms with E-state index in [1.54, 1.807) is 55.9 Å². The van der Waals surface area contributed by atoms with Crippen molar-refractivity contribution in [2.24, 2.45) is 23.7 Å². The molecule has 5 rings (SSSR count). The van der Waals surface area contributed by atoms with Gasteiger partial charge >= 0.3 is 35.8 Å². The van der Waals surface area contributed by atoms with Crippen molar-refractivity contribution in [2.75, 3.05) is 23.0 Å². The minimum absolute atomic E-state index is 0.00516. The van der Waals surface area contributed by atoms with E-state index in [-0.39, 0.29) is 84.8 Å². The number of benzene rings is 5. The number of carboxylic acid groups (broad SMARTS) is 6. The number of ketones is 4. The molecule has 0 amide bonds. The maximum atomic E-state index is 11.9. The van der Waals surface area contributed by atoms with E-state index in [1.165, 1.54) is 36.7 Å². The summed E-state index contributed by atoms with van der Waals surface area (Å²) in [6, 6.07) is 47.8. The van der Waals surface area contributed by atoms with Crippen molar-refractivity contribution in [3.63, 3.8) is 0 Å². The molecule has 19 nitrogen and oxygen atoms in total. The second-order valence-electron chi connectivity index (χ2n) is 21.2. The van der Waals surface area contributed by atoms with Crippen LogP contribution in [0.3, 0.4) is 0 Å². The average Bonchev–Trinajstić information content (AvgIpc) is 2.36. The van der Waals surface area contributed by atoms with Crippen LogP contribution in [0.2, 0.25) is 0 Å². The van der Waals surface area contributed by atoms with E-state index >= 15 is 0 Å². The van der Waals surface area contributed by atoms with E-state index in [2.05, 4.69) is 43.5 Å². The van der Waals surface area contributed by atoms with Crippen LogP contribution in [0.4, 0.5) is 0 Å². The maximum absolute atomic E-state index is 11.9. The minimum atomic E-state index is -3.60. The first kappa shape index (κ1) is 85.5. The van der Waals surface area contributed by atoms with Crippen molar-refractivity contribution in [1.82, 2.24) is 0 Å². The van der Waals surface area contributed by atoms with Gasteiger partial charge in [0.1, 0.15) is 17.3 Å². The van der Waals surface area contributed by atoms with Crippen LogP contribution in [0, 0.1) is 23.7 Å². The Kier molecular flexibility index (Phi) is 46.9. The van der Waals surface area contributed by atoms with Gasteiger partial charge in [0.05, 0.1) is 29.3 Å². The Morgan fingerprint density at radius 3 is 1.14 bits per heavy atom. The Morgan fingerprint density at radius 1 is 0.452 bits per heavy atom. The third-order valence-electron chi connectivity index (χ3n) is 13.0. The van der Waals surface area contributed by atoms with Gasteiger partial charge in [0.25, 0.3) is 0 Å². The van der Waals surface area contributed by atoms with Crippen LogP contribution in [0.1, 0.15) is 120 Å². The predicted molar refractivity (Wildman–Crippen MR) is 369 cm³/mol. The molecule has 0 spiro atoms. The van der Waals surface area contributed by atoms with Gasteiger partial charge < -0.3 is 40.2 Å². The molecule has 0 bridgehead atoms. The topological polar surface area (TPSA) is 343 Å². The van der Waals surface area contributed by atoms with Crippen molar-refractivity contribution in [2.45, 2.75) is 121 Å². The van der Waals surface area contributed by atoms with Gasteiger partial charge in [-0.15, -0.1) is 0 Å². The molecule has 0 aliphatic heterocycles. The molecule has 5 atom stereocenters. The zero-order valence-corrected chi connectivity index (χ0v) is 57.1. The monoisotopic (exact) mass is 1380 g/mol. The highest BCUT2D eigenvalue weighted by molar-refractivity contribution is 7.98. The molecule has 5 aromatic carbocycles. The SMILES string of the molecule is C=C(CCC(C)=O)C(C)=O.CC(=O)CCC(CSCc1ccccc1)C(C)=O.O=C(O)CCC(CS(=O)(=O)Cc1ccccc1)C(=O)O.O=C(O)CCC(CS(=O)Cc1ccccc1)C(=O)O.O=C(O)CCC(CSCc1ccccc1)C(=O)O.SCc1ccccc1. The smallest absolute Gasteiger partial charge is 0.307 e. The number of thioether (sulfide) groups is 2. The summed E-state index contributed by atoms with van der Waals surface area (Å²) in [5.74, 6) is -5.43. The minimum Gasteiger partial charge on any atom is -0.481 e. The van der Waals surface area contributed by atoms with Gasteiger partial charge in [-0.2, -0.15) is 36.2 Å². The summed E-state index contributed by atoms with van der Waals surface area (Å²) >= 11 is 7.39. The lowest BCUT2D eigenvalue weighted by Crippen LogP contribution is -2.25. The molecule has 24 heteroatoms. The lowest BCUT2D eigenvalue weighted by Gasteiger charge is -2.12. The first-order chi connectivity index (χ1) is 43.9. The number of hydrogen-bond acceptors (Lipinski definition) is 16. The Balaban J connectivity index is 0.00000112. The van der Waals surface area contributed by atoms with E-state index in [1.807, 2.05) is 97.1 Å². The predicted octanol–water partition coefficient (Wildman–Crippen LogP) is 12.3. The summed E-state index contributed by atoms with van der Waals surface area (Å²) in [6.07, 6.45) is 1.45. The Morgan fingerprint density at radius 2 is 0.796 bits per heavy atom. The largest absolute Gasteiger partial charge is 0.481 e. The molecule has 0 aliphatic carbocycles. The van der Waals surface area contributed by atoms with Crippen LogP contribution >= 0.6 is 36.2 Å². The van der Waals surface area contributed by atoms with Crippen LogP contribution in [-0.4, -0.2) is 125 Å². The Labute approximate surface area is 562 Å². The molecule has 0 heterocycles. The van der Waals surface area contributed by atoms with Gasteiger partial charge in [-0.3, -0.25) is 42.6 Å². The standard InChI is InChI=1S/C15H20O2S.C13H16O6S.C13H16O5S.C13H16O4S.C8H12O2.C7H8S/c1-12(16)8-9-15(13(2)17)11-18-10-14-6-4-3-5-7-14;14-12(15)7-6-11(13(16)17)9-20(18,19)8-10-4-2-1-3-5-10;14-12(15)7-6-11(13(16)17)9-19(18)8-10-4-2-1-3-5-10;14-12(15)7-6-11(13(16)17)9-18-8-10-4-2-1-3-5-10;1-6(8(3)10)4-5-7(2)9;8-6-7-4-2-1-3-5-7/h3-7,15H,8-11H2,1-2H3;1-5,11H,6-9H2,(H,14,15)(H,16,17);1-5,11H,6-9H2,(H,14,15)(H,16,17);1-5,11H,6-9H2,(H,14,15)(H,16,17);1,4-5H2,2-3H3;1-5,8H,6H2. The second-order valence-corrected chi connectivity index (χ2v) is 27.2. The van der Waals surface area contributed by atoms with Gasteiger partial charge in [0.2, 0.25) is 0 Å². The number of carbonyl (C=O) groups is 10. The van der Waals surface area contributed by atoms with Crippen LogP contribution in [0.15, 0.2) is 164 Å². The summed E-state index contributed by atoms with van der Waals surface area (Å²) in [5.41, 5.74) is 5.69. The number of sulfone groups is 1. The van der Waals surface area contributed by atoms with Crippen LogP contribution < -0.4 is 0 Å². The number of hydrogen-bond donors (Lipinski definition) is 7. The molecular formula is C69H88O19S5. The summed E-state index contributed by atoms with van der Waals surface area (Å²) in [5, 5.41) is 52.5. The molecule has 0 aromatic heterocycles. The zero-order valence-electron chi connectivity index (χ0n) is 53.0. The number of rotatable bonds is 37. The first-order valence-corrected chi connectivity index (χ1v) is 35.7. The molecule has 0 saturated heterocycles. The second kappa shape index (κ2) is 51.0. The third kappa shape index (κ3) is 48.0. The normalized spacial score (nSPS) is 12.0. The molecule has 0 fully saturated rings. The molecule has 5 aromatic rings. The first-order valence-electron chi connectivity index (χ1n) is 29.5. The molecule has 508 valence electrons. The number of aliphatic carboxylic acids is 6. The van der Waals surface area contributed by atoms with Gasteiger partial charge in [0, 0.05) is 89.1 Å². The molecule has 93 heavy (non-hydrogen) atoms. The highest BCUT2D eigenvalue weighted by atomic mass is 32.2. The number of thiol groups is 1. The lowest BCUT2D eigenvalue weighted by molar-refractivity contribution is -0.143. The maximum Gasteiger partial charge on any atom is 0.307 e. The number of allylic oxidation sites excluding steroid dienone is 1. The number of carboxylic acids is 6. The number of carbonyl (C=O) groups excluding carboxylic acids is 4. The summed E-state index contributed by atoms with van der Waals surface area (Å²) in [4.78, 5) is 108. The third-order valence-corrected chi connectivity index (χ3v) is 18.8. The van der Waals surface area contributed by atoms with Crippen molar-refractivity contribution in [3.05, 3.63) is 192 Å². The molecule has 5 unspecified atom stereocenters. The Hall–Kier alpha value is -7.51. The highest BCUT2D eigenvalue weighted by Crippen LogP contribution is 2.22. The molecule has 0 aliphatic rings. The van der Waals surface area contributed by atoms with Gasteiger partial charge in [-0.25, -0.2) is 8.42 Å². The highest BCUT2D eigenvalue weighted by Gasteiger charge is 2.27. The molecule has 0 radical (unpaired) electrons.